The minimum absolute atomic E-state index is 0.849. The lowest BCUT2D eigenvalue weighted by Crippen LogP contribution is -2.42. The second kappa shape index (κ2) is 8.36. The molecule has 0 bridgehead atoms. The van der Waals surface area contributed by atoms with E-state index in [0.717, 1.165) is 18.4 Å². The minimum Gasteiger partial charge on any atom is -0.306 e. The van der Waals surface area contributed by atoms with E-state index in [9.17, 15) is 0 Å². The van der Waals surface area contributed by atoms with Crippen molar-refractivity contribution >= 4 is 0 Å². The van der Waals surface area contributed by atoms with Gasteiger partial charge in [0.15, 0.2) is 0 Å². The van der Waals surface area contributed by atoms with Gasteiger partial charge in [-0.15, -0.1) is 0 Å². The van der Waals surface area contributed by atoms with E-state index in [4.69, 9.17) is 0 Å². The van der Waals surface area contributed by atoms with Crippen molar-refractivity contribution in [3.05, 3.63) is 48.5 Å². The van der Waals surface area contributed by atoms with Gasteiger partial charge in [-0.3, -0.25) is 4.90 Å². The Hall–Kier alpha value is -1.65. The molecular formula is C22H32N4. The van der Waals surface area contributed by atoms with Crippen LogP contribution in [0.25, 0.3) is 5.69 Å². The van der Waals surface area contributed by atoms with E-state index in [2.05, 4.69) is 50.5 Å². The largest absolute Gasteiger partial charge is 0.306 e. The van der Waals surface area contributed by atoms with Gasteiger partial charge in [-0.1, -0.05) is 19.1 Å². The fraction of sp³-hybridized carbons (Fsp3) is 0.591. The number of hydrogen-bond donors (Lipinski definition) is 0. The molecule has 0 N–H and O–H groups in total. The molecule has 4 nitrogen and oxygen atoms in total. The van der Waals surface area contributed by atoms with Crippen LogP contribution in [0.5, 0.6) is 0 Å². The predicted molar refractivity (Wildman–Crippen MR) is 106 cm³/mol. The minimum atomic E-state index is 0.849. The highest BCUT2D eigenvalue weighted by Crippen LogP contribution is 2.23. The molecule has 0 amide bonds. The van der Waals surface area contributed by atoms with Crippen LogP contribution in [0.3, 0.4) is 0 Å². The Kier molecular flexibility index (Phi) is 5.71. The summed E-state index contributed by atoms with van der Waals surface area (Å²) in [6.45, 7) is 9.92. The molecule has 1 unspecified atom stereocenters. The lowest BCUT2D eigenvalue weighted by molar-refractivity contribution is 0.109. The fourth-order valence-corrected chi connectivity index (χ4v) is 4.50. The first-order valence-electron chi connectivity index (χ1n) is 10.3. The van der Waals surface area contributed by atoms with Crippen LogP contribution in [0, 0.1) is 11.8 Å². The summed E-state index contributed by atoms with van der Waals surface area (Å²) in [6, 6.07) is 8.94. The van der Waals surface area contributed by atoms with Crippen molar-refractivity contribution in [2.45, 2.75) is 39.2 Å². The zero-order valence-corrected chi connectivity index (χ0v) is 16.1. The maximum Gasteiger partial charge on any atom is 0.0991 e. The van der Waals surface area contributed by atoms with E-state index in [1.807, 2.05) is 18.7 Å². The van der Waals surface area contributed by atoms with Gasteiger partial charge in [-0.05, 0) is 74.8 Å². The number of imidazole rings is 1. The van der Waals surface area contributed by atoms with Gasteiger partial charge in [-0.2, -0.15) is 0 Å². The SMILES string of the molecule is CC1CCN(CC2CCCN(Cc3ccc(-n4ccnc4)cc3)C2)CC1. The van der Waals surface area contributed by atoms with Gasteiger partial charge >= 0.3 is 0 Å². The average molecular weight is 353 g/mol. The van der Waals surface area contributed by atoms with E-state index in [1.54, 1.807) is 0 Å². The van der Waals surface area contributed by atoms with Crippen molar-refractivity contribution in [1.29, 1.82) is 0 Å². The summed E-state index contributed by atoms with van der Waals surface area (Å²) in [7, 11) is 0. The van der Waals surface area contributed by atoms with Crippen LogP contribution in [0.15, 0.2) is 43.0 Å². The molecule has 0 saturated carbocycles. The van der Waals surface area contributed by atoms with Crippen LogP contribution >= 0.6 is 0 Å². The zero-order valence-electron chi connectivity index (χ0n) is 16.1. The highest BCUT2D eigenvalue weighted by atomic mass is 15.2. The van der Waals surface area contributed by atoms with Gasteiger partial charge in [0.1, 0.15) is 0 Å². The maximum absolute atomic E-state index is 4.13. The summed E-state index contributed by atoms with van der Waals surface area (Å²) in [5.41, 5.74) is 2.60. The number of aromatic nitrogens is 2. The summed E-state index contributed by atoms with van der Waals surface area (Å²) in [6.07, 6.45) is 11.2. The molecular weight excluding hydrogens is 320 g/mol. The second-order valence-electron chi connectivity index (χ2n) is 8.36. The normalized spacial score (nSPS) is 23.3. The highest BCUT2D eigenvalue weighted by molar-refractivity contribution is 5.34. The molecule has 0 radical (unpaired) electrons. The van der Waals surface area contributed by atoms with Crippen molar-refractivity contribution in [2.75, 3.05) is 32.7 Å². The predicted octanol–water partition coefficient (Wildman–Crippen LogP) is 3.82. The van der Waals surface area contributed by atoms with Crippen molar-refractivity contribution in [2.24, 2.45) is 11.8 Å². The van der Waals surface area contributed by atoms with Crippen LogP contribution < -0.4 is 0 Å². The summed E-state index contributed by atoms with van der Waals surface area (Å²) >= 11 is 0. The highest BCUT2D eigenvalue weighted by Gasteiger charge is 2.24. The van der Waals surface area contributed by atoms with Crippen LogP contribution in [0.4, 0.5) is 0 Å². The molecule has 3 heterocycles. The monoisotopic (exact) mass is 352 g/mol. The van der Waals surface area contributed by atoms with Crippen molar-refractivity contribution < 1.29 is 0 Å². The van der Waals surface area contributed by atoms with E-state index in [0.29, 0.717) is 0 Å². The topological polar surface area (TPSA) is 24.3 Å². The third-order valence-corrected chi connectivity index (χ3v) is 6.14. The smallest absolute Gasteiger partial charge is 0.0991 e. The van der Waals surface area contributed by atoms with Crippen LogP contribution in [-0.4, -0.2) is 52.1 Å². The molecule has 2 saturated heterocycles. The molecule has 1 atom stereocenters. The van der Waals surface area contributed by atoms with Gasteiger partial charge in [0.05, 0.1) is 6.33 Å². The zero-order chi connectivity index (χ0) is 17.8. The van der Waals surface area contributed by atoms with Gasteiger partial charge in [0.25, 0.3) is 0 Å². The Bertz CT molecular complexity index is 656. The number of likely N-dealkylation sites (tertiary alicyclic amines) is 2. The van der Waals surface area contributed by atoms with Crippen molar-refractivity contribution in [1.82, 2.24) is 19.4 Å². The molecule has 2 aliphatic heterocycles. The Morgan fingerprint density at radius 3 is 2.54 bits per heavy atom. The summed E-state index contributed by atoms with van der Waals surface area (Å²) < 4.78 is 2.06. The summed E-state index contributed by atoms with van der Waals surface area (Å²) in [4.78, 5) is 9.50. The molecule has 140 valence electrons. The number of benzene rings is 1. The van der Waals surface area contributed by atoms with Crippen LogP contribution in [-0.2, 0) is 6.54 Å². The fourth-order valence-electron chi connectivity index (χ4n) is 4.50. The summed E-state index contributed by atoms with van der Waals surface area (Å²) in [5, 5.41) is 0. The quantitative estimate of drug-likeness (QED) is 0.818. The lowest BCUT2D eigenvalue weighted by atomic mass is 9.94. The number of hydrogen-bond acceptors (Lipinski definition) is 3. The molecule has 0 spiro atoms. The number of nitrogens with zero attached hydrogens (tertiary/aromatic N) is 4. The Morgan fingerprint density at radius 1 is 1.00 bits per heavy atom. The van der Waals surface area contributed by atoms with E-state index in [1.165, 1.54) is 69.7 Å². The Balaban J connectivity index is 1.29. The molecule has 2 fully saturated rings. The van der Waals surface area contributed by atoms with Gasteiger partial charge < -0.3 is 9.47 Å². The first kappa shape index (κ1) is 17.7. The van der Waals surface area contributed by atoms with Gasteiger partial charge in [-0.25, -0.2) is 4.98 Å². The Morgan fingerprint density at radius 2 is 1.81 bits per heavy atom. The maximum atomic E-state index is 4.13. The molecule has 1 aromatic carbocycles. The third-order valence-electron chi connectivity index (χ3n) is 6.14. The number of piperidine rings is 2. The van der Waals surface area contributed by atoms with E-state index < -0.39 is 0 Å². The first-order valence-corrected chi connectivity index (χ1v) is 10.3. The molecule has 0 aliphatic carbocycles. The molecule has 2 aliphatic rings. The third kappa shape index (κ3) is 4.54. The van der Waals surface area contributed by atoms with Gasteiger partial charge in [0, 0.05) is 37.7 Å². The van der Waals surface area contributed by atoms with E-state index in [-0.39, 0.29) is 0 Å². The van der Waals surface area contributed by atoms with Crippen molar-refractivity contribution in [3.8, 4) is 5.69 Å². The second-order valence-corrected chi connectivity index (χ2v) is 8.36. The lowest BCUT2D eigenvalue weighted by Gasteiger charge is -2.38. The standard InChI is InChI=1S/C22H32N4/c1-19-8-12-24(13-9-19)16-21-3-2-11-25(17-21)15-20-4-6-22(7-5-20)26-14-10-23-18-26/h4-7,10,14,18-19,21H,2-3,8-9,11-13,15-17H2,1H3. The first-order chi connectivity index (χ1) is 12.8. The van der Waals surface area contributed by atoms with E-state index >= 15 is 0 Å². The average Bonchev–Trinajstić information content (AvgIpc) is 3.19. The molecule has 26 heavy (non-hydrogen) atoms. The summed E-state index contributed by atoms with van der Waals surface area (Å²) in [5.74, 6) is 1.78. The molecule has 4 heteroatoms. The van der Waals surface area contributed by atoms with Crippen molar-refractivity contribution in [3.63, 3.8) is 0 Å². The molecule has 2 aromatic rings. The Labute approximate surface area is 157 Å². The molecule has 1 aromatic heterocycles. The molecule has 4 rings (SSSR count). The van der Waals surface area contributed by atoms with Crippen LogP contribution in [0.2, 0.25) is 0 Å². The number of rotatable bonds is 5. The van der Waals surface area contributed by atoms with Gasteiger partial charge in [0.2, 0.25) is 0 Å². The van der Waals surface area contributed by atoms with Crippen LogP contribution in [0.1, 0.15) is 38.2 Å².